The predicted molar refractivity (Wildman–Crippen MR) is 94.4 cm³/mol. The van der Waals surface area contributed by atoms with Gasteiger partial charge in [0.1, 0.15) is 5.82 Å². The number of esters is 1. The first-order valence-electron chi connectivity index (χ1n) is 7.62. The Balaban J connectivity index is 2.16. The fourth-order valence-electron chi connectivity index (χ4n) is 2.25. The highest BCUT2D eigenvalue weighted by Gasteiger charge is 2.18. The normalized spacial score (nSPS) is 10.0. The summed E-state index contributed by atoms with van der Waals surface area (Å²) < 4.78 is 28.3. The van der Waals surface area contributed by atoms with E-state index in [-0.39, 0.29) is 12.1 Å². The lowest BCUT2D eigenvalue weighted by Gasteiger charge is -2.15. The summed E-state index contributed by atoms with van der Waals surface area (Å²) in [5, 5.41) is 5.40. The second kappa shape index (κ2) is 8.70. The number of amides is 1. The van der Waals surface area contributed by atoms with E-state index in [0.717, 1.165) is 0 Å². The molecule has 0 heterocycles. The molecule has 0 radical (unpaired) electrons. The smallest absolute Gasteiger partial charge is 0.340 e. The van der Waals surface area contributed by atoms with Gasteiger partial charge in [-0.3, -0.25) is 4.79 Å². The first kappa shape index (κ1) is 19.0. The number of nitrogens with one attached hydrogen (secondary N) is 2. The van der Waals surface area contributed by atoms with Crippen LogP contribution in [0.5, 0.6) is 11.5 Å². The van der Waals surface area contributed by atoms with Crippen LogP contribution in [0, 0.1) is 5.82 Å². The number of rotatable bonds is 7. The molecule has 0 fully saturated rings. The lowest BCUT2D eigenvalue weighted by Crippen LogP contribution is -2.23. The van der Waals surface area contributed by atoms with Crippen LogP contribution in [0.15, 0.2) is 36.4 Å². The second-order valence-electron chi connectivity index (χ2n) is 5.16. The lowest BCUT2D eigenvalue weighted by molar-refractivity contribution is -0.114. The standard InChI is InChI=1S/C18H19FN2O5/c1-24-15-8-13(18(23)26-3)14(9-16(15)25-2)20-10-17(22)21-12-6-4-5-11(19)7-12/h4-9,20H,10H2,1-3H3,(H,21,22). The Morgan fingerprint density at radius 2 is 1.73 bits per heavy atom. The van der Waals surface area contributed by atoms with Crippen molar-refractivity contribution in [3.63, 3.8) is 0 Å². The van der Waals surface area contributed by atoms with Gasteiger partial charge in [-0.25, -0.2) is 9.18 Å². The van der Waals surface area contributed by atoms with Crippen molar-refractivity contribution < 1.29 is 28.2 Å². The fourth-order valence-corrected chi connectivity index (χ4v) is 2.25. The molecule has 0 aromatic heterocycles. The maximum atomic E-state index is 13.2. The van der Waals surface area contributed by atoms with Crippen molar-refractivity contribution in [2.75, 3.05) is 38.5 Å². The van der Waals surface area contributed by atoms with E-state index < -0.39 is 17.7 Å². The highest BCUT2D eigenvalue weighted by Crippen LogP contribution is 2.33. The highest BCUT2D eigenvalue weighted by atomic mass is 19.1. The van der Waals surface area contributed by atoms with Gasteiger partial charge in [0, 0.05) is 17.8 Å². The molecule has 2 rings (SSSR count). The summed E-state index contributed by atoms with van der Waals surface area (Å²) in [7, 11) is 4.15. The van der Waals surface area contributed by atoms with Crippen molar-refractivity contribution >= 4 is 23.3 Å². The number of hydrogen-bond donors (Lipinski definition) is 2. The van der Waals surface area contributed by atoms with Crippen LogP contribution in [0.25, 0.3) is 0 Å². The number of methoxy groups -OCH3 is 3. The number of halogens is 1. The van der Waals surface area contributed by atoms with Gasteiger partial charge in [-0.05, 0) is 18.2 Å². The lowest BCUT2D eigenvalue weighted by atomic mass is 10.1. The van der Waals surface area contributed by atoms with E-state index in [1.54, 1.807) is 6.07 Å². The van der Waals surface area contributed by atoms with Crippen molar-refractivity contribution in [2.24, 2.45) is 0 Å². The zero-order chi connectivity index (χ0) is 19.1. The van der Waals surface area contributed by atoms with E-state index in [4.69, 9.17) is 14.2 Å². The van der Waals surface area contributed by atoms with Crippen LogP contribution in [0.2, 0.25) is 0 Å². The largest absolute Gasteiger partial charge is 0.493 e. The molecule has 7 nitrogen and oxygen atoms in total. The molecule has 2 aromatic carbocycles. The molecule has 0 aliphatic heterocycles. The minimum atomic E-state index is -0.598. The van der Waals surface area contributed by atoms with Crippen LogP contribution < -0.4 is 20.1 Å². The molecule has 0 unspecified atom stereocenters. The molecule has 138 valence electrons. The number of hydrogen-bond acceptors (Lipinski definition) is 6. The van der Waals surface area contributed by atoms with Gasteiger partial charge in [-0.15, -0.1) is 0 Å². The molecule has 2 N–H and O–H groups in total. The van der Waals surface area contributed by atoms with Crippen molar-refractivity contribution in [2.45, 2.75) is 0 Å². The van der Waals surface area contributed by atoms with Gasteiger partial charge in [-0.1, -0.05) is 6.07 Å². The Labute approximate surface area is 150 Å². The van der Waals surface area contributed by atoms with Crippen LogP contribution in [-0.2, 0) is 9.53 Å². The quantitative estimate of drug-likeness (QED) is 0.737. The van der Waals surface area contributed by atoms with Gasteiger partial charge in [0.25, 0.3) is 0 Å². The van der Waals surface area contributed by atoms with Gasteiger partial charge >= 0.3 is 5.97 Å². The van der Waals surface area contributed by atoms with Crippen LogP contribution in [-0.4, -0.2) is 39.8 Å². The third-order valence-corrected chi connectivity index (χ3v) is 3.48. The summed E-state index contributed by atoms with van der Waals surface area (Å²) in [6.07, 6.45) is 0. The van der Waals surface area contributed by atoms with Crippen molar-refractivity contribution in [3.05, 3.63) is 47.8 Å². The molecule has 0 aliphatic rings. The highest BCUT2D eigenvalue weighted by molar-refractivity contribution is 5.99. The van der Waals surface area contributed by atoms with E-state index in [2.05, 4.69) is 10.6 Å². The maximum Gasteiger partial charge on any atom is 0.340 e. The topological polar surface area (TPSA) is 85.9 Å². The summed E-state index contributed by atoms with van der Waals surface area (Å²) in [5.74, 6) is -0.736. The van der Waals surface area contributed by atoms with E-state index in [1.165, 1.54) is 51.7 Å². The number of anilines is 2. The molecule has 0 saturated heterocycles. The molecule has 26 heavy (non-hydrogen) atoms. The summed E-state index contributed by atoms with van der Waals surface area (Å²) in [6.45, 7) is -0.157. The SMILES string of the molecule is COC(=O)c1cc(OC)c(OC)cc1NCC(=O)Nc1cccc(F)c1. The summed E-state index contributed by atoms with van der Waals surface area (Å²) in [6, 6.07) is 8.52. The first-order chi connectivity index (χ1) is 12.5. The number of benzene rings is 2. The van der Waals surface area contributed by atoms with Crippen LogP contribution in [0.1, 0.15) is 10.4 Å². The minimum Gasteiger partial charge on any atom is -0.493 e. The number of carbonyl (C=O) groups is 2. The Morgan fingerprint density at radius 3 is 2.35 bits per heavy atom. The molecule has 0 saturated carbocycles. The zero-order valence-electron chi connectivity index (χ0n) is 14.6. The fraction of sp³-hybridized carbons (Fsp3) is 0.222. The summed E-state index contributed by atoms with van der Waals surface area (Å²) >= 11 is 0. The third-order valence-electron chi connectivity index (χ3n) is 3.48. The molecule has 2 aromatic rings. The van der Waals surface area contributed by atoms with Crippen LogP contribution in [0.4, 0.5) is 15.8 Å². The number of carbonyl (C=O) groups excluding carboxylic acids is 2. The molecule has 8 heteroatoms. The molecular formula is C18H19FN2O5. The third kappa shape index (κ3) is 4.62. The Hall–Kier alpha value is -3.29. The molecule has 0 atom stereocenters. The van der Waals surface area contributed by atoms with E-state index >= 15 is 0 Å². The Kier molecular flexibility index (Phi) is 6.37. The zero-order valence-corrected chi connectivity index (χ0v) is 14.6. The Morgan fingerprint density at radius 1 is 1.04 bits per heavy atom. The maximum absolute atomic E-state index is 13.2. The first-order valence-corrected chi connectivity index (χ1v) is 7.62. The average Bonchev–Trinajstić information content (AvgIpc) is 2.64. The van der Waals surface area contributed by atoms with Crippen LogP contribution in [0.3, 0.4) is 0 Å². The predicted octanol–water partition coefficient (Wildman–Crippen LogP) is 2.68. The van der Waals surface area contributed by atoms with Gasteiger partial charge in [0.2, 0.25) is 5.91 Å². The van der Waals surface area contributed by atoms with E-state index in [1.807, 2.05) is 0 Å². The Bertz CT molecular complexity index is 810. The van der Waals surface area contributed by atoms with Gasteiger partial charge in [-0.2, -0.15) is 0 Å². The van der Waals surface area contributed by atoms with Gasteiger partial charge < -0.3 is 24.8 Å². The number of ether oxygens (including phenoxy) is 3. The molecule has 1 amide bonds. The van der Waals surface area contributed by atoms with Crippen molar-refractivity contribution in [1.29, 1.82) is 0 Å². The summed E-state index contributed by atoms with van der Waals surface area (Å²) in [4.78, 5) is 24.0. The minimum absolute atomic E-state index is 0.157. The van der Waals surface area contributed by atoms with E-state index in [9.17, 15) is 14.0 Å². The van der Waals surface area contributed by atoms with E-state index in [0.29, 0.717) is 22.9 Å². The molecule has 0 aliphatic carbocycles. The summed E-state index contributed by atoms with van der Waals surface area (Å²) in [5.41, 5.74) is 0.852. The molecule has 0 spiro atoms. The monoisotopic (exact) mass is 362 g/mol. The van der Waals surface area contributed by atoms with Gasteiger partial charge in [0.15, 0.2) is 11.5 Å². The van der Waals surface area contributed by atoms with Crippen LogP contribution >= 0.6 is 0 Å². The molecule has 0 bridgehead atoms. The van der Waals surface area contributed by atoms with Crippen molar-refractivity contribution in [3.8, 4) is 11.5 Å². The molecular weight excluding hydrogens is 343 g/mol. The average molecular weight is 362 g/mol. The second-order valence-corrected chi connectivity index (χ2v) is 5.16. The van der Waals surface area contributed by atoms with Gasteiger partial charge in [0.05, 0.1) is 39.1 Å². The van der Waals surface area contributed by atoms with Crippen molar-refractivity contribution in [1.82, 2.24) is 0 Å².